The van der Waals surface area contributed by atoms with Crippen LogP contribution in [0.3, 0.4) is 0 Å². The van der Waals surface area contributed by atoms with Gasteiger partial charge in [0.1, 0.15) is 12.0 Å². The Morgan fingerprint density at radius 3 is 2.13 bits per heavy atom. The zero-order valence-electron chi connectivity index (χ0n) is 14.6. The zero-order chi connectivity index (χ0) is 16.2. The summed E-state index contributed by atoms with van der Waals surface area (Å²) in [5, 5.41) is 3.05. The summed E-state index contributed by atoms with van der Waals surface area (Å²) in [4.78, 5) is 12.6. The first kappa shape index (κ1) is 21.2. The van der Waals surface area contributed by atoms with E-state index in [1.165, 1.54) is 56.3 Å². The number of carbonyl (C=O) groups excluding carboxylic acids is 1. The van der Waals surface area contributed by atoms with Crippen molar-refractivity contribution in [2.75, 3.05) is 30.0 Å². The molecule has 2 nitrogen and oxygen atoms in total. The SMILES string of the molecule is CC[P+]1(CC(=O)Nc2c(C)cc(F)cc2C)CCCCCC1.[Y]. The molecule has 23 heavy (non-hydrogen) atoms. The van der Waals surface area contributed by atoms with Crippen LogP contribution in [0.5, 0.6) is 0 Å². The average Bonchev–Trinajstić information content (AvgIpc) is 2.69. The summed E-state index contributed by atoms with van der Waals surface area (Å²) in [7, 11) is -1.13. The van der Waals surface area contributed by atoms with Gasteiger partial charge in [-0.1, -0.05) is 0 Å². The zero-order valence-corrected chi connectivity index (χ0v) is 18.4. The van der Waals surface area contributed by atoms with E-state index in [0.29, 0.717) is 6.16 Å². The fraction of sp³-hybridized carbons (Fsp3) is 0.611. The van der Waals surface area contributed by atoms with Gasteiger partial charge in [0.05, 0.1) is 18.5 Å². The number of rotatable bonds is 4. The molecule has 1 aromatic rings. The Morgan fingerprint density at radius 2 is 1.65 bits per heavy atom. The molecule has 1 fully saturated rings. The fourth-order valence-electron chi connectivity index (χ4n) is 3.54. The third-order valence-corrected chi connectivity index (χ3v) is 9.76. The molecule has 1 aliphatic rings. The summed E-state index contributed by atoms with van der Waals surface area (Å²) < 4.78 is 13.4. The smallest absolute Gasteiger partial charge is 0.261 e. The monoisotopic (exact) mass is 413 g/mol. The number of benzene rings is 1. The molecule has 0 atom stereocenters. The van der Waals surface area contributed by atoms with Crippen molar-refractivity contribution in [1.29, 1.82) is 0 Å². The van der Waals surface area contributed by atoms with E-state index in [1.807, 2.05) is 13.8 Å². The van der Waals surface area contributed by atoms with Gasteiger partial charge in [0, 0.05) is 45.7 Å². The van der Waals surface area contributed by atoms with E-state index in [9.17, 15) is 9.18 Å². The van der Waals surface area contributed by atoms with Crippen LogP contribution in [0.2, 0.25) is 0 Å². The number of nitrogens with one attached hydrogen (secondary N) is 1. The van der Waals surface area contributed by atoms with Crippen LogP contribution in [0.15, 0.2) is 12.1 Å². The van der Waals surface area contributed by atoms with Gasteiger partial charge in [-0.2, -0.15) is 0 Å². The van der Waals surface area contributed by atoms with E-state index in [0.717, 1.165) is 16.8 Å². The second-order valence-corrected chi connectivity index (χ2v) is 11.2. The molecule has 0 unspecified atom stereocenters. The first-order chi connectivity index (χ1) is 10.5. The molecule has 2 rings (SSSR count). The van der Waals surface area contributed by atoms with Crippen molar-refractivity contribution in [3.63, 3.8) is 0 Å². The summed E-state index contributed by atoms with van der Waals surface area (Å²) in [5.41, 5.74) is 2.39. The van der Waals surface area contributed by atoms with Crippen molar-refractivity contribution in [3.8, 4) is 0 Å². The maximum atomic E-state index is 13.4. The minimum Gasteiger partial charge on any atom is -0.322 e. The van der Waals surface area contributed by atoms with Crippen molar-refractivity contribution in [3.05, 3.63) is 29.1 Å². The molecule has 1 saturated heterocycles. The molecule has 0 bridgehead atoms. The van der Waals surface area contributed by atoms with Crippen molar-refractivity contribution in [1.82, 2.24) is 0 Å². The topological polar surface area (TPSA) is 29.1 Å². The molecule has 1 heterocycles. The molecule has 125 valence electrons. The van der Waals surface area contributed by atoms with Crippen LogP contribution in [0.4, 0.5) is 10.1 Å². The molecule has 5 heteroatoms. The number of amides is 1. The normalized spacial score (nSPS) is 17.0. The Morgan fingerprint density at radius 1 is 1.13 bits per heavy atom. The van der Waals surface area contributed by atoms with Crippen molar-refractivity contribution in [2.45, 2.75) is 46.5 Å². The number of carbonyl (C=O) groups is 1. The van der Waals surface area contributed by atoms with Crippen molar-refractivity contribution >= 4 is 18.9 Å². The first-order valence-electron chi connectivity index (χ1n) is 8.37. The number of aryl methyl sites for hydroxylation is 2. The minimum absolute atomic E-state index is 0. The maximum absolute atomic E-state index is 13.4. The molecule has 1 amide bonds. The number of hydrogen-bond acceptors (Lipinski definition) is 1. The van der Waals surface area contributed by atoms with Crippen LogP contribution in [-0.4, -0.2) is 30.6 Å². The molecule has 1 aromatic carbocycles. The van der Waals surface area contributed by atoms with Crippen LogP contribution in [0.25, 0.3) is 0 Å². The molecule has 0 spiro atoms. The Labute approximate surface area is 165 Å². The second kappa shape index (κ2) is 9.59. The van der Waals surface area contributed by atoms with E-state index >= 15 is 0 Å². The molecule has 0 aliphatic carbocycles. The molecule has 0 aromatic heterocycles. The predicted octanol–water partition coefficient (Wildman–Crippen LogP) is 4.99. The summed E-state index contributed by atoms with van der Waals surface area (Å²) in [6, 6.07) is 2.97. The van der Waals surface area contributed by atoms with Gasteiger partial charge < -0.3 is 5.32 Å². The molecule has 1 N–H and O–H groups in total. The Bertz CT molecular complexity index is 519. The van der Waals surface area contributed by atoms with Gasteiger partial charge >= 0.3 is 0 Å². The largest absolute Gasteiger partial charge is 0.322 e. The molecule has 1 radical (unpaired) electrons. The predicted molar refractivity (Wildman–Crippen MR) is 95.0 cm³/mol. The minimum atomic E-state index is -1.13. The molecular weight excluding hydrogens is 385 g/mol. The average molecular weight is 413 g/mol. The van der Waals surface area contributed by atoms with Gasteiger partial charge in [-0.25, -0.2) is 4.39 Å². The van der Waals surface area contributed by atoms with E-state index in [4.69, 9.17) is 0 Å². The van der Waals surface area contributed by atoms with Gasteiger partial charge in [0.2, 0.25) is 0 Å². The van der Waals surface area contributed by atoms with Gasteiger partial charge in [0.25, 0.3) is 5.91 Å². The summed E-state index contributed by atoms with van der Waals surface area (Å²) in [5.74, 6) is -0.121. The Kier molecular flexibility index (Phi) is 8.84. The van der Waals surface area contributed by atoms with Gasteiger partial charge in [0.15, 0.2) is 0 Å². The Hall–Kier alpha value is 0.154. The number of halogens is 1. The molecule has 1 aliphatic heterocycles. The van der Waals surface area contributed by atoms with Crippen LogP contribution in [-0.2, 0) is 37.5 Å². The summed E-state index contributed by atoms with van der Waals surface area (Å²) in [6.45, 7) is 5.95. The van der Waals surface area contributed by atoms with Crippen LogP contribution in [0.1, 0.15) is 43.7 Å². The first-order valence-corrected chi connectivity index (χ1v) is 10.9. The van der Waals surface area contributed by atoms with E-state index in [-0.39, 0.29) is 44.4 Å². The van der Waals surface area contributed by atoms with E-state index in [1.54, 1.807) is 0 Å². The standard InChI is InChI=1S/C18H27FNOP.Y/c1-4-22(9-7-5-6-8-10-22)13-17(21)20-18-14(2)11-16(19)12-15(18)3;/h11-12H,4-10,13H2,1-3H3;/p+1. The van der Waals surface area contributed by atoms with E-state index < -0.39 is 7.26 Å². The quantitative estimate of drug-likeness (QED) is 0.693. The van der Waals surface area contributed by atoms with Crippen molar-refractivity contribution in [2.24, 2.45) is 0 Å². The molecule has 0 saturated carbocycles. The fourth-order valence-corrected chi connectivity index (χ4v) is 7.41. The molecular formula is C18H28FNOPY+. The van der Waals surface area contributed by atoms with Crippen LogP contribution in [0, 0.1) is 19.7 Å². The van der Waals surface area contributed by atoms with Gasteiger partial charge in [-0.3, -0.25) is 4.79 Å². The Balaban J connectivity index is 0.00000264. The van der Waals surface area contributed by atoms with Gasteiger partial charge in [-0.15, -0.1) is 0 Å². The summed E-state index contributed by atoms with van der Waals surface area (Å²) >= 11 is 0. The summed E-state index contributed by atoms with van der Waals surface area (Å²) in [6.07, 6.45) is 9.59. The third-order valence-electron chi connectivity index (χ3n) is 4.93. The second-order valence-electron chi connectivity index (χ2n) is 6.64. The third kappa shape index (κ3) is 5.87. The van der Waals surface area contributed by atoms with Crippen LogP contribution < -0.4 is 5.32 Å². The van der Waals surface area contributed by atoms with Gasteiger partial charge in [-0.05, 0) is 69.7 Å². The maximum Gasteiger partial charge on any atom is 0.261 e. The van der Waals surface area contributed by atoms with E-state index in [2.05, 4.69) is 12.2 Å². The van der Waals surface area contributed by atoms with Crippen molar-refractivity contribution < 1.29 is 41.9 Å². The number of anilines is 1. The number of hydrogen-bond donors (Lipinski definition) is 1. The van der Waals surface area contributed by atoms with Crippen LogP contribution >= 0.6 is 7.26 Å².